The molecule has 0 bridgehead atoms. The first kappa shape index (κ1) is 12.9. The first-order valence-electron chi connectivity index (χ1n) is 4.95. The Hall–Kier alpha value is -0.120. The summed E-state index contributed by atoms with van der Waals surface area (Å²) in [7, 11) is 0. The van der Waals surface area contributed by atoms with Crippen molar-refractivity contribution in [1.29, 1.82) is 0 Å². The molecule has 0 unspecified atom stereocenters. The Kier molecular flexibility index (Phi) is 6.22. The highest BCUT2D eigenvalue weighted by Gasteiger charge is 2.05. The summed E-state index contributed by atoms with van der Waals surface area (Å²) in [4.78, 5) is 0. The minimum Gasteiger partial charge on any atom is -0.313 e. The van der Waals surface area contributed by atoms with E-state index in [-0.39, 0.29) is 5.82 Å². The molecule has 0 aliphatic carbocycles. The van der Waals surface area contributed by atoms with Gasteiger partial charge in [0.2, 0.25) is 0 Å². The van der Waals surface area contributed by atoms with Gasteiger partial charge in [-0.3, -0.25) is 0 Å². The maximum Gasteiger partial charge on any atom is 0.129 e. The lowest BCUT2D eigenvalue weighted by Crippen LogP contribution is -2.16. The van der Waals surface area contributed by atoms with E-state index >= 15 is 0 Å². The minimum absolute atomic E-state index is 0.240. The molecule has 0 heterocycles. The number of hydrogen-bond acceptors (Lipinski definition) is 1. The van der Waals surface area contributed by atoms with Crippen LogP contribution in [-0.4, -0.2) is 11.9 Å². The van der Waals surface area contributed by atoms with Crippen molar-refractivity contribution in [2.24, 2.45) is 0 Å². The van der Waals surface area contributed by atoms with E-state index in [1.54, 1.807) is 12.1 Å². The Balaban J connectivity index is 2.37. The van der Waals surface area contributed by atoms with Gasteiger partial charge in [0.25, 0.3) is 0 Å². The number of nitrogens with one attached hydrogen (secondary N) is 1. The van der Waals surface area contributed by atoms with Gasteiger partial charge < -0.3 is 5.32 Å². The Morgan fingerprint density at radius 1 is 1.33 bits per heavy atom. The van der Waals surface area contributed by atoms with Crippen LogP contribution < -0.4 is 5.32 Å². The number of halogens is 3. The maximum atomic E-state index is 13.3. The average molecular weight is 295 g/mol. The fourth-order valence-corrected chi connectivity index (χ4v) is 1.89. The first-order chi connectivity index (χ1) is 7.25. The Labute approximate surface area is 103 Å². The normalized spacial score (nSPS) is 10.6. The standard InChI is InChI=1S/C11H14BrClFN/c12-6-1-2-7-15-8-9-10(13)4-3-5-11(9)14/h3-5,15H,1-2,6-8H2. The quantitative estimate of drug-likeness (QED) is 0.622. The lowest BCUT2D eigenvalue weighted by molar-refractivity contribution is 0.581. The van der Waals surface area contributed by atoms with Gasteiger partial charge in [0, 0.05) is 22.5 Å². The van der Waals surface area contributed by atoms with Crippen LogP contribution in [0.5, 0.6) is 0 Å². The highest BCUT2D eigenvalue weighted by atomic mass is 79.9. The topological polar surface area (TPSA) is 12.0 Å². The zero-order valence-corrected chi connectivity index (χ0v) is 10.7. The summed E-state index contributed by atoms with van der Waals surface area (Å²) >= 11 is 9.24. The second-order valence-corrected chi connectivity index (χ2v) is 4.47. The molecule has 0 saturated carbocycles. The molecule has 1 nitrogen and oxygen atoms in total. The largest absolute Gasteiger partial charge is 0.313 e. The maximum absolute atomic E-state index is 13.3. The molecule has 0 spiro atoms. The van der Waals surface area contributed by atoms with E-state index in [1.165, 1.54) is 6.07 Å². The van der Waals surface area contributed by atoms with Gasteiger partial charge in [-0.05, 0) is 31.5 Å². The molecule has 1 rings (SSSR count). The van der Waals surface area contributed by atoms with Crippen LogP contribution in [0.4, 0.5) is 4.39 Å². The summed E-state index contributed by atoms with van der Waals surface area (Å²) in [5.74, 6) is -0.240. The monoisotopic (exact) mass is 293 g/mol. The van der Waals surface area contributed by atoms with Crippen molar-refractivity contribution < 1.29 is 4.39 Å². The molecule has 0 aliphatic rings. The summed E-state index contributed by atoms with van der Waals surface area (Å²) in [5, 5.41) is 4.67. The second-order valence-electron chi connectivity index (χ2n) is 3.27. The Morgan fingerprint density at radius 3 is 2.80 bits per heavy atom. The van der Waals surface area contributed by atoms with E-state index in [2.05, 4.69) is 21.2 Å². The molecule has 0 aliphatic heterocycles. The van der Waals surface area contributed by atoms with Gasteiger partial charge >= 0.3 is 0 Å². The third-order valence-electron chi connectivity index (χ3n) is 2.10. The van der Waals surface area contributed by atoms with Crippen molar-refractivity contribution in [2.75, 3.05) is 11.9 Å². The van der Waals surface area contributed by atoms with Gasteiger partial charge in [0.1, 0.15) is 5.82 Å². The number of unbranched alkanes of at least 4 members (excludes halogenated alkanes) is 1. The van der Waals surface area contributed by atoms with Crippen molar-refractivity contribution >= 4 is 27.5 Å². The van der Waals surface area contributed by atoms with Gasteiger partial charge in [0.05, 0.1) is 0 Å². The van der Waals surface area contributed by atoms with E-state index in [1.807, 2.05) is 0 Å². The number of alkyl halides is 1. The van der Waals surface area contributed by atoms with Crippen LogP contribution in [0.15, 0.2) is 18.2 Å². The van der Waals surface area contributed by atoms with Crippen LogP contribution in [0.2, 0.25) is 5.02 Å². The minimum atomic E-state index is -0.240. The van der Waals surface area contributed by atoms with Crippen molar-refractivity contribution in [3.05, 3.63) is 34.6 Å². The van der Waals surface area contributed by atoms with Gasteiger partial charge in [-0.1, -0.05) is 33.6 Å². The molecule has 0 fully saturated rings. The van der Waals surface area contributed by atoms with E-state index in [9.17, 15) is 4.39 Å². The Morgan fingerprint density at radius 2 is 2.13 bits per heavy atom. The second kappa shape index (κ2) is 7.20. The molecule has 0 atom stereocenters. The van der Waals surface area contributed by atoms with Crippen LogP contribution in [0.3, 0.4) is 0 Å². The molecule has 1 aromatic rings. The van der Waals surface area contributed by atoms with Gasteiger partial charge in [0.15, 0.2) is 0 Å². The molecule has 0 radical (unpaired) electrons. The zero-order chi connectivity index (χ0) is 11.1. The summed E-state index contributed by atoms with van der Waals surface area (Å²) in [6.45, 7) is 1.38. The van der Waals surface area contributed by atoms with E-state index in [4.69, 9.17) is 11.6 Å². The third kappa shape index (κ3) is 4.49. The average Bonchev–Trinajstić information content (AvgIpc) is 2.21. The van der Waals surface area contributed by atoms with Crippen molar-refractivity contribution in [2.45, 2.75) is 19.4 Å². The third-order valence-corrected chi connectivity index (χ3v) is 3.02. The van der Waals surface area contributed by atoms with Crippen LogP contribution in [0.1, 0.15) is 18.4 Å². The number of rotatable bonds is 6. The highest BCUT2D eigenvalue weighted by Crippen LogP contribution is 2.18. The fourth-order valence-electron chi connectivity index (χ4n) is 1.26. The van der Waals surface area contributed by atoms with Crippen LogP contribution >= 0.6 is 27.5 Å². The fraction of sp³-hybridized carbons (Fsp3) is 0.455. The SMILES string of the molecule is Fc1cccc(Cl)c1CNCCCCBr. The lowest BCUT2D eigenvalue weighted by Gasteiger charge is -2.07. The van der Waals surface area contributed by atoms with Crippen molar-refractivity contribution in [3.8, 4) is 0 Å². The molecule has 1 aromatic carbocycles. The first-order valence-corrected chi connectivity index (χ1v) is 6.45. The van der Waals surface area contributed by atoms with Gasteiger partial charge in [-0.15, -0.1) is 0 Å². The van der Waals surface area contributed by atoms with E-state index < -0.39 is 0 Å². The van der Waals surface area contributed by atoms with E-state index in [0.717, 1.165) is 24.7 Å². The summed E-state index contributed by atoms with van der Waals surface area (Å²) in [6, 6.07) is 4.76. The molecule has 84 valence electrons. The molecule has 1 N–H and O–H groups in total. The van der Waals surface area contributed by atoms with Crippen molar-refractivity contribution in [3.63, 3.8) is 0 Å². The number of benzene rings is 1. The summed E-state index contributed by atoms with van der Waals surface area (Å²) in [6.07, 6.45) is 2.20. The van der Waals surface area contributed by atoms with Crippen molar-refractivity contribution in [1.82, 2.24) is 5.32 Å². The van der Waals surface area contributed by atoms with Gasteiger partial charge in [-0.25, -0.2) is 4.39 Å². The van der Waals surface area contributed by atoms with Crippen LogP contribution in [0, 0.1) is 5.82 Å². The highest BCUT2D eigenvalue weighted by molar-refractivity contribution is 9.09. The molecule has 0 amide bonds. The molecular formula is C11H14BrClFN. The zero-order valence-electron chi connectivity index (χ0n) is 8.40. The molecule has 0 saturated heterocycles. The molecular weight excluding hydrogens is 280 g/mol. The summed E-state index contributed by atoms with van der Waals surface area (Å²) < 4.78 is 13.3. The molecule has 0 aromatic heterocycles. The van der Waals surface area contributed by atoms with Gasteiger partial charge in [-0.2, -0.15) is 0 Å². The van der Waals surface area contributed by atoms with Crippen LogP contribution in [0.25, 0.3) is 0 Å². The predicted octanol–water partition coefficient (Wildman–Crippen LogP) is 3.74. The smallest absolute Gasteiger partial charge is 0.129 e. The molecule has 15 heavy (non-hydrogen) atoms. The number of hydrogen-bond donors (Lipinski definition) is 1. The van der Waals surface area contributed by atoms with Crippen LogP contribution in [-0.2, 0) is 6.54 Å². The summed E-state index contributed by atoms with van der Waals surface area (Å²) in [5.41, 5.74) is 0.554. The predicted molar refractivity (Wildman–Crippen MR) is 66.1 cm³/mol. The Bertz CT molecular complexity index is 286. The van der Waals surface area contributed by atoms with E-state index in [0.29, 0.717) is 17.1 Å². The molecule has 4 heteroatoms. The lowest BCUT2D eigenvalue weighted by atomic mass is 10.2.